The molecule has 0 spiro atoms. The van der Waals surface area contributed by atoms with E-state index in [4.69, 9.17) is 4.74 Å². The van der Waals surface area contributed by atoms with Crippen LogP contribution < -0.4 is 10.1 Å². The first-order chi connectivity index (χ1) is 17.7. The summed E-state index contributed by atoms with van der Waals surface area (Å²) in [4.78, 5) is 43.6. The molecule has 0 aliphatic carbocycles. The van der Waals surface area contributed by atoms with Crippen LogP contribution >= 0.6 is 0 Å². The fourth-order valence-corrected chi connectivity index (χ4v) is 4.95. The molecule has 2 aliphatic rings. The van der Waals surface area contributed by atoms with Crippen LogP contribution in [0.5, 0.6) is 5.75 Å². The molecule has 2 aromatic carbocycles. The number of ether oxygens (including phenoxy) is 1. The lowest BCUT2D eigenvalue weighted by Gasteiger charge is -2.55. The third-order valence-electron chi connectivity index (χ3n) is 7.15. The molecule has 2 aliphatic heterocycles. The third-order valence-corrected chi connectivity index (χ3v) is 7.15. The van der Waals surface area contributed by atoms with Crippen LogP contribution in [-0.2, 0) is 22.7 Å². The van der Waals surface area contributed by atoms with E-state index < -0.39 is 12.2 Å². The van der Waals surface area contributed by atoms with E-state index in [-0.39, 0.29) is 49.2 Å². The number of hydrogen-bond acceptors (Lipinski definition) is 5. The Balaban J connectivity index is 1.59. The second-order valence-electron chi connectivity index (χ2n) is 9.62. The molecular weight excluding hydrogens is 477 g/mol. The minimum absolute atomic E-state index is 0.00929. The van der Waals surface area contributed by atoms with Crippen molar-refractivity contribution in [3.05, 3.63) is 65.5 Å². The summed E-state index contributed by atoms with van der Waals surface area (Å²) in [5.74, 6) is -0.0819. The first-order valence-electron chi connectivity index (χ1n) is 12.5. The SMILES string of the molecule is CCC(C)[C@H]1C(=O)N(Cc2ccc(F)cc2)C[C@H]2N1C(=O)CN(C)N2C(=O)NCc1ccc(OC)cc1. The summed E-state index contributed by atoms with van der Waals surface area (Å²) in [6.07, 6.45) is 0.0239. The lowest BCUT2D eigenvalue weighted by molar-refractivity contribution is -0.190. The second kappa shape index (κ2) is 11.2. The van der Waals surface area contributed by atoms with Gasteiger partial charge in [0.05, 0.1) is 20.2 Å². The molecule has 1 N–H and O–H groups in total. The van der Waals surface area contributed by atoms with Crippen LogP contribution in [0.1, 0.15) is 31.4 Å². The van der Waals surface area contributed by atoms with Crippen LogP contribution in [0, 0.1) is 11.7 Å². The van der Waals surface area contributed by atoms with Crippen LogP contribution in [0.3, 0.4) is 0 Å². The van der Waals surface area contributed by atoms with Gasteiger partial charge in [0, 0.05) is 20.1 Å². The number of hydrogen-bond donors (Lipinski definition) is 1. The van der Waals surface area contributed by atoms with Gasteiger partial charge in [-0.25, -0.2) is 19.2 Å². The topological polar surface area (TPSA) is 85.4 Å². The fourth-order valence-electron chi connectivity index (χ4n) is 4.95. The number of likely N-dealkylation sites (N-methyl/N-ethyl adjacent to an activating group) is 1. The van der Waals surface area contributed by atoms with Crippen molar-refractivity contribution >= 4 is 17.8 Å². The van der Waals surface area contributed by atoms with Crippen molar-refractivity contribution < 1.29 is 23.5 Å². The van der Waals surface area contributed by atoms with Crippen molar-refractivity contribution in [2.75, 3.05) is 27.2 Å². The van der Waals surface area contributed by atoms with Gasteiger partial charge in [0.2, 0.25) is 11.8 Å². The molecule has 0 aromatic heterocycles. The molecule has 2 fully saturated rings. The molecular formula is C27H34FN5O4. The lowest BCUT2D eigenvalue weighted by atomic mass is 9.92. The van der Waals surface area contributed by atoms with Crippen LogP contribution in [0.2, 0.25) is 0 Å². The third kappa shape index (κ3) is 5.53. The maximum absolute atomic E-state index is 13.6. The normalized spacial score (nSPS) is 21.1. The minimum atomic E-state index is -0.692. The maximum atomic E-state index is 13.6. The Morgan fingerprint density at radius 2 is 1.76 bits per heavy atom. The summed E-state index contributed by atoms with van der Waals surface area (Å²) in [5, 5.41) is 6.08. The number of nitrogens with one attached hydrogen (secondary N) is 1. The van der Waals surface area contributed by atoms with Gasteiger partial charge in [-0.2, -0.15) is 0 Å². The quantitative estimate of drug-likeness (QED) is 0.618. The molecule has 10 heteroatoms. The highest BCUT2D eigenvalue weighted by atomic mass is 19.1. The van der Waals surface area contributed by atoms with Crippen molar-refractivity contribution in [1.82, 2.24) is 25.1 Å². The van der Waals surface area contributed by atoms with Crippen molar-refractivity contribution in [3.63, 3.8) is 0 Å². The summed E-state index contributed by atoms with van der Waals surface area (Å²) in [6, 6.07) is 12.3. The molecule has 2 saturated heterocycles. The van der Waals surface area contributed by atoms with E-state index in [0.717, 1.165) is 16.9 Å². The van der Waals surface area contributed by atoms with Gasteiger partial charge in [-0.05, 0) is 41.3 Å². The number of methoxy groups -OCH3 is 1. The zero-order chi connectivity index (χ0) is 26.7. The number of hydrazine groups is 1. The molecule has 9 nitrogen and oxygen atoms in total. The van der Waals surface area contributed by atoms with E-state index in [9.17, 15) is 18.8 Å². The molecule has 2 heterocycles. The monoisotopic (exact) mass is 511 g/mol. The van der Waals surface area contributed by atoms with Crippen molar-refractivity contribution in [2.45, 2.75) is 45.6 Å². The smallest absolute Gasteiger partial charge is 0.334 e. The predicted molar refractivity (Wildman–Crippen MR) is 135 cm³/mol. The molecule has 0 radical (unpaired) electrons. The Morgan fingerprint density at radius 3 is 2.38 bits per heavy atom. The van der Waals surface area contributed by atoms with Crippen LogP contribution in [0.4, 0.5) is 9.18 Å². The van der Waals surface area contributed by atoms with Gasteiger partial charge in [0.1, 0.15) is 23.8 Å². The summed E-state index contributed by atoms with van der Waals surface area (Å²) >= 11 is 0. The van der Waals surface area contributed by atoms with E-state index in [2.05, 4.69) is 5.32 Å². The van der Waals surface area contributed by atoms with Crippen LogP contribution in [0.25, 0.3) is 0 Å². The van der Waals surface area contributed by atoms with Gasteiger partial charge in [-0.3, -0.25) is 9.59 Å². The number of benzene rings is 2. The first kappa shape index (κ1) is 26.4. The predicted octanol–water partition coefficient (Wildman–Crippen LogP) is 2.82. The number of amides is 4. The average molecular weight is 512 g/mol. The number of urea groups is 1. The van der Waals surface area contributed by atoms with Gasteiger partial charge in [0.15, 0.2) is 0 Å². The average Bonchev–Trinajstić information content (AvgIpc) is 2.89. The number of carbonyl (C=O) groups excluding carboxylic acids is 3. The molecule has 37 heavy (non-hydrogen) atoms. The highest BCUT2D eigenvalue weighted by Gasteiger charge is 2.51. The molecule has 2 aromatic rings. The Kier molecular flexibility index (Phi) is 7.97. The largest absolute Gasteiger partial charge is 0.497 e. The maximum Gasteiger partial charge on any atom is 0.334 e. The number of rotatable bonds is 7. The zero-order valence-electron chi connectivity index (χ0n) is 21.7. The zero-order valence-corrected chi connectivity index (χ0v) is 21.7. The number of piperazine rings is 1. The number of carbonyl (C=O) groups is 3. The van der Waals surface area contributed by atoms with Crippen molar-refractivity contribution in [1.29, 1.82) is 0 Å². The Hall–Kier alpha value is -3.66. The van der Waals surface area contributed by atoms with Gasteiger partial charge >= 0.3 is 6.03 Å². The van der Waals surface area contributed by atoms with Gasteiger partial charge in [-0.15, -0.1) is 0 Å². The minimum Gasteiger partial charge on any atom is -0.497 e. The molecule has 4 amide bonds. The molecule has 0 saturated carbocycles. The van der Waals surface area contributed by atoms with E-state index in [1.165, 1.54) is 17.1 Å². The Morgan fingerprint density at radius 1 is 1.11 bits per heavy atom. The first-order valence-corrected chi connectivity index (χ1v) is 12.5. The summed E-state index contributed by atoms with van der Waals surface area (Å²) < 4.78 is 18.6. The number of nitrogens with zero attached hydrogens (tertiary/aromatic N) is 4. The Bertz CT molecular complexity index is 1130. The fraction of sp³-hybridized carbons (Fsp3) is 0.444. The molecule has 0 bridgehead atoms. The van der Waals surface area contributed by atoms with Gasteiger partial charge in [0.25, 0.3) is 0 Å². The van der Waals surface area contributed by atoms with Crippen LogP contribution in [0.15, 0.2) is 48.5 Å². The van der Waals surface area contributed by atoms with Gasteiger partial charge < -0.3 is 19.9 Å². The highest BCUT2D eigenvalue weighted by molar-refractivity contribution is 5.91. The van der Waals surface area contributed by atoms with Crippen molar-refractivity contribution in [2.24, 2.45) is 5.92 Å². The lowest BCUT2D eigenvalue weighted by Crippen LogP contribution is -2.76. The second-order valence-corrected chi connectivity index (χ2v) is 9.62. The van der Waals surface area contributed by atoms with E-state index in [0.29, 0.717) is 13.0 Å². The number of fused-ring (bicyclic) bond motifs is 1. The Labute approximate surface area is 216 Å². The van der Waals surface area contributed by atoms with Crippen LogP contribution in [-0.4, -0.2) is 77.1 Å². The standard InChI is InChI=1S/C27H34FN5O4/c1-5-18(2)25-26(35)31(15-20-6-10-21(28)11-7-20)16-23-32(25)24(34)17-30(3)33(23)27(36)29-14-19-8-12-22(37-4)13-9-19/h6-13,18,23,25H,5,14-17H2,1-4H3,(H,29,36)/t18?,23-,25-/m0/s1. The molecule has 1 unspecified atom stereocenters. The number of halogens is 1. The van der Waals surface area contributed by atoms with Gasteiger partial charge in [-0.1, -0.05) is 44.5 Å². The summed E-state index contributed by atoms with van der Waals surface area (Å²) in [7, 11) is 3.29. The molecule has 3 atom stereocenters. The highest BCUT2D eigenvalue weighted by Crippen LogP contribution is 2.31. The van der Waals surface area contributed by atoms with E-state index in [1.54, 1.807) is 41.1 Å². The molecule has 4 rings (SSSR count). The van der Waals surface area contributed by atoms with Crippen molar-refractivity contribution in [3.8, 4) is 5.75 Å². The van der Waals surface area contributed by atoms with E-state index in [1.807, 2.05) is 38.1 Å². The summed E-state index contributed by atoms with van der Waals surface area (Å²) in [6.45, 7) is 4.61. The summed E-state index contributed by atoms with van der Waals surface area (Å²) in [5.41, 5.74) is 1.67. The van der Waals surface area contributed by atoms with E-state index >= 15 is 0 Å². The molecule has 198 valence electrons.